The molecule has 2 atom stereocenters. The highest BCUT2D eigenvalue weighted by atomic mass is 32.2. The average Bonchev–Trinajstić information content (AvgIpc) is 3.42. The van der Waals surface area contributed by atoms with Crippen molar-refractivity contribution in [2.24, 2.45) is 28.7 Å². The number of fused-ring (bicyclic) bond motifs is 3. The first-order chi connectivity index (χ1) is 36.6. The van der Waals surface area contributed by atoms with E-state index in [9.17, 15) is 24.0 Å². The van der Waals surface area contributed by atoms with Gasteiger partial charge in [-0.25, -0.2) is 19.9 Å². The summed E-state index contributed by atoms with van der Waals surface area (Å²) in [4.78, 5) is 91.4. The number of nitrogens with zero attached hydrogens (tertiary/aromatic N) is 8. The van der Waals surface area contributed by atoms with Gasteiger partial charge in [0.1, 0.15) is 46.2 Å². The van der Waals surface area contributed by atoms with Crippen LogP contribution in [0, 0.1) is 0 Å². The molecule has 0 saturated carbocycles. The minimum Gasteiger partial charge on any atom is -0.368 e. The average molecular weight is 1040 g/mol. The quantitative estimate of drug-likeness (QED) is 0.0334. The molecule has 386 valence electrons. The van der Waals surface area contributed by atoms with E-state index in [2.05, 4.69) is 66.5 Å². The van der Waals surface area contributed by atoms with Crippen molar-refractivity contribution in [3.05, 3.63) is 151 Å². The summed E-state index contributed by atoms with van der Waals surface area (Å²) in [6, 6.07) is 31.4. The molecule has 5 aromatic heterocycles. The fourth-order valence-corrected chi connectivity index (χ4v) is 7.58. The van der Waals surface area contributed by atoms with Crippen LogP contribution in [0.2, 0.25) is 0 Å². The van der Waals surface area contributed by atoms with Gasteiger partial charge in [0, 0.05) is 58.8 Å². The van der Waals surface area contributed by atoms with Crippen LogP contribution in [0.3, 0.4) is 0 Å². The monoisotopic (exact) mass is 1040 g/mol. The number of hydrogen-bond donors (Lipinski definition) is 10. The van der Waals surface area contributed by atoms with E-state index in [0.717, 1.165) is 38.3 Å². The zero-order chi connectivity index (χ0) is 54.3. The Labute approximate surface area is 438 Å². The number of primary amides is 5. The second-order valence-corrected chi connectivity index (χ2v) is 17.2. The van der Waals surface area contributed by atoms with Gasteiger partial charge in [-0.3, -0.25) is 33.9 Å². The Hall–Kier alpha value is -10.1. The van der Waals surface area contributed by atoms with Gasteiger partial charge in [-0.15, -0.1) is 0 Å². The van der Waals surface area contributed by atoms with Crippen molar-refractivity contribution in [2.45, 2.75) is 43.9 Å². The van der Waals surface area contributed by atoms with E-state index < -0.39 is 41.6 Å². The molecular weight excluding hydrogens is 989 g/mol. The summed E-state index contributed by atoms with van der Waals surface area (Å²) in [6.07, 6.45) is 10.3. The number of benzene rings is 4. The zero-order valence-electron chi connectivity index (χ0n) is 41.2. The summed E-state index contributed by atoms with van der Waals surface area (Å²) < 4.78 is 0. The van der Waals surface area contributed by atoms with Crippen LogP contribution in [0.15, 0.2) is 139 Å². The van der Waals surface area contributed by atoms with E-state index in [1.165, 1.54) is 30.4 Å². The van der Waals surface area contributed by atoms with Gasteiger partial charge in [-0.1, -0.05) is 68.1 Å². The molecule has 4 aromatic carbocycles. The van der Waals surface area contributed by atoms with Crippen molar-refractivity contribution < 1.29 is 24.0 Å². The lowest BCUT2D eigenvalue weighted by Gasteiger charge is -2.15. The molecule has 0 aliphatic heterocycles. The number of carbonyl (C=O) groups excluding carboxylic acids is 5. The molecule has 9 aromatic rings. The molecule has 0 saturated heterocycles. The predicted octanol–water partition coefficient (Wildman–Crippen LogP) is 6.28. The number of anilines is 8. The first kappa shape index (κ1) is 53.7. The number of pyridine rings is 2. The van der Waals surface area contributed by atoms with E-state index in [0.29, 0.717) is 35.2 Å². The molecular formula is C52H52N18O5S. The number of nitrogens with one attached hydrogen (secondary N) is 5. The summed E-state index contributed by atoms with van der Waals surface area (Å²) >= 11 is 1.40. The van der Waals surface area contributed by atoms with Gasteiger partial charge in [-0.2, -0.15) is 9.97 Å². The Morgan fingerprint density at radius 3 is 1.29 bits per heavy atom. The molecule has 24 heteroatoms. The van der Waals surface area contributed by atoms with Crippen LogP contribution in [0.5, 0.6) is 0 Å². The van der Waals surface area contributed by atoms with Crippen molar-refractivity contribution in [3.8, 4) is 0 Å². The number of thioether (sulfide) groups is 1. The third-order valence-corrected chi connectivity index (χ3v) is 11.7. The minimum atomic E-state index is -0.673. The maximum atomic E-state index is 11.7. The SMILES string of the molecule is CC[C@@H](Nc1ncc(C(N)=O)c(Nc2ccc3ncccc3c2)n1)C(N)=O.CC[C@@H](Nc1ncc(C(N)=O)c(Nc2ccc3ncccc3c2)n1)C(N)=O.CSc1ncc(C(N)=O)c(Nc2ccc3ccccc3c2)n1. The van der Waals surface area contributed by atoms with Gasteiger partial charge in [-0.05, 0) is 90.5 Å². The Morgan fingerprint density at radius 1 is 0.474 bits per heavy atom. The standard InChI is InChI=1S/2C18H19N7O2.C16H14N4OS/c2*1-2-13(16(20)27)24-18-22-9-12(15(19)26)17(25-18)23-11-5-6-14-10(8-11)4-3-7-21-14;1-22-16-18-9-13(14(17)21)15(20-16)19-12-7-6-10-4-2-3-5-11(10)8-12/h2*3-9,13H,2H2,1H3,(H2,19,26)(H2,20,27)(H2,22,23,24,25);2-9H,1H3,(H2,17,21)(H,18,19,20)/t2*13-;/m11./s1. The van der Waals surface area contributed by atoms with E-state index >= 15 is 0 Å². The molecule has 0 radical (unpaired) electrons. The summed E-state index contributed by atoms with van der Waals surface area (Å²) in [5.74, 6) is -1.75. The van der Waals surface area contributed by atoms with Crippen LogP contribution in [0.1, 0.15) is 57.8 Å². The van der Waals surface area contributed by atoms with E-state index in [1.807, 2.05) is 123 Å². The molecule has 0 aliphatic carbocycles. The molecule has 0 fully saturated rings. The third kappa shape index (κ3) is 13.9. The number of nitrogens with two attached hydrogens (primary N) is 5. The molecule has 23 nitrogen and oxygen atoms in total. The summed E-state index contributed by atoms with van der Waals surface area (Å²) in [5.41, 5.74) is 31.3. The fourth-order valence-electron chi connectivity index (χ4n) is 7.24. The van der Waals surface area contributed by atoms with Crippen LogP contribution in [-0.2, 0) is 9.59 Å². The van der Waals surface area contributed by atoms with Crippen molar-refractivity contribution in [3.63, 3.8) is 0 Å². The first-order valence-electron chi connectivity index (χ1n) is 23.3. The van der Waals surface area contributed by atoms with Crippen LogP contribution >= 0.6 is 11.8 Å². The Balaban J connectivity index is 0.000000167. The predicted molar refractivity (Wildman–Crippen MR) is 295 cm³/mol. The molecule has 5 heterocycles. The molecule has 0 aliphatic rings. The molecule has 0 bridgehead atoms. The molecule has 76 heavy (non-hydrogen) atoms. The highest BCUT2D eigenvalue weighted by molar-refractivity contribution is 7.98. The largest absolute Gasteiger partial charge is 0.368 e. The number of amides is 5. The van der Waals surface area contributed by atoms with Gasteiger partial charge in [0.25, 0.3) is 17.7 Å². The van der Waals surface area contributed by atoms with Gasteiger partial charge in [0.05, 0.1) is 11.0 Å². The lowest BCUT2D eigenvalue weighted by Crippen LogP contribution is -2.35. The minimum absolute atomic E-state index is 0.124. The third-order valence-electron chi connectivity index (χ3n) is 11.2. The van der Waals surface area contributed by atoms with E-state index in [4.69, 9.17) is 28.7 Å². The van der Waals surface area contributed by atoms with Crippen LogP contribution in [0.25, 0.3) is 32.6 Å². The number of aromatic nitrogens is 8. The van der Waals surface area contributed by atoms with Crippen LogP contribution in [0.4, 0.5) is 46.4 Å². The summed E-state index contributed by atoms with van der Waals surface area (Å²) in [5, 5.41) is 19.7. The molecule has 0 unspecified atom stereocenters. The molecule has 9 rings (SSSR count). The maximum Gasteiger partial charge on any atom is 0.254 e. The topological polar surface area (TPSA) is 379 Å². The normalized spacial score (nSPS) is 11.4. The summed E-state index contributed by atoms with van der Waals surface area (Å²) in [6.45, 7) is 3.62. The number of carbonyl (C=O) groups is 5. The van der Waals surface area contributed by atoms with Gasteiger partial charge >= 0.3 is 0 Å². The lowest BCUT2D eigenvalue weighted by atomic mass is 10.1. The Bertz CT molecular complexity index is 3440. The maximum absolute atomic E-state index is 11.7. The van der Waals surface area contributed by atoms with Gasteiger partial charge in [0.15, 0.2) is 5.16 Å². The highest BCUT2D eigenvalue weighted by Crippen LogP contribution is 2.27. The highest BCUT2D eigenvalue weighted by Gasteiger charge is 2.20. The van der Waals surface area contributed by atoms with Gasteiger partial charge < -0.3 is 55.3 Å². The van der Waals surface area contributed by atoms with E-state index in [-0.39, 0.29) is 40.2 Å². The number of hydrogen-bond acceptors (Lipinski definition) is 19. The second-order valence-electron chi connectivity index (χ2n) is 16.4. The summed E-state index contributed by atoms with van der Waals surface area (Å²) in [7, 11) is 0. The number of rotatable bonds is 18. The molecule has 0 spiro atoms. The van der Waals surface area contributed by atoms with E-state index in [1.54, 1.807) is 12.4 Å². The van der Waals surface area contributed by atoms with Crippen LogP contribution < -0.4 is 55.3 Å². The van der Waals surface area contributed by atoms with Crippen molar-refractivity contribution in [1.29, 1.82) is 0 Å². The smallest absolute Gasteiger partial charge is 0.254 e. The first-order valence-corrected chi connectivity index (χ1v) is 24.5. The van der Waals surface area contributed by atoms with Gasteiger partial charge in [0.2, 0.25) is 23.7 Å². The molecule has 15 N–H and O–H groups in total. The second kappa shape index (κ2) is 25.0. The molecule has 5 amide bonds. The van der Waals surface area contributed by atoms with Crippen LogP contribution in [-0.4, -0.2) is 87.7 Å². The van der Waals surface area contributed by atoms with Crippen molar-refractivity contribution >= 4 is 120 Å². The van der Waals surface area contributed by atoms with Crippen molar-refractivity contribution in [2.75, 3.05) is 32.8 Å². The zero-order valence-corrected chi connectivity index (χ0v) is 42.0. The Morgan fingerprint density at radius 2 is 0.868 bits per heavy atom. The fraction of sp³-hybridized carbons (Fsp3) is 0.135. The lowest BCUT2D eigenvalue weighted by molar-refractivity contribution is -0.119. The van der Waals surface area contributed by atoms with Crippen molar-refractivity contribution in [1.82, 2.24) is 39.9 Å². The Kier molecular flexibility index (Phi) is 17.7.